The van der Waals surface area contributed by atoms with E-state index in [1.807, 2.05) is 13.8 Å². The van der Waals surface area contributed by atoms with Crippen molar-refractivity contribution in [2.75, 3.05) is 13.2 Å². The molecule has 70 valence electrons. The van der Waals surface area contributed by atoms with E-state index in [1.54, 1.807) is 0 Å². The normalized spacial score (nSPS) is 44.8. The van der Waals surface area contributed by atoms with Crippen molar-refractivity contribution in [2.45, 2.75) is 37.9 Å². The van der Waals surface area contributed by atoms with Crippen LogP contribution in [0.25, 0.3) is 0 Å². The van der Waals surface area contributed by atoms with Gasteiger partial charge in [0.05, 0.1) is 12.6 Å². The molecule has 3 atom stereocenters. The number of aliphatic hydroxyl groups excluding tert-OH is 1. The summed E-state index contributed by atoms with van der Waals surface area (Å²) in [5.41, 5.74) is 0. The van der Waals surface area contributed by atoms with Gasteiger partial charge in [-0.2, -0.15) is 0 Å². The highest BCUT2D eigenvalue weighted by Gasteiger charge is 2.48. The molecule has 4 heteroatoms. The van der Waals surface area contributed by atoms with Crippen LogP contribution in [0.2, 0.25) is 0 Å². The molecule has 2 fully saturated rings. The first-order valence-corrected chi connectivity index (χ1v) is 4.32. The zero-order valence-electron chi connectivity index (χ0n) is 7.41. The first-order chi connectivity index (χ1) is 5.62. The highest BCUT2D eigenvalue weighted by molar-refractivity contribution is 4.97. The van der Waals surface area contributed by atoms with Gasteiger partial charge in [0, 0.05) is 6.54 Å². The average Bonchev–Trinajstić information content (AvgIpc) is 2.42. The Labute approximate surface area is 71.9 Å². The Morgan fingerprint density at radius 1 is 1.50 bits per heavy atom. The van der Waals surface area contributed by atoms with Crippen molar-refractivity contribution in [2.24, 2.45) is 0 Å². The summed E-state index contributed by atoms with van der Waals surface area (Å²) in [5, 5.41) is 12.1. The van der Waals surface area contributed by atoms with Gasteiger partial charge < -0.3 is 19.9 Å². The summed E-state index contributed by atoms with van der Waals surface area (Å²) in [7, 11) is 0. The van der Waals surface area contributed by atoms with E-state index >= 15 is 0 Å². The van der Waals surface area contributed by atoms with Crippen molar-refractivity contribution < 1.29 is 14.6 Å². The van der Waals surface area contributed by atoms with Crippen molar-refractivity contribution in [1.82, 2.24) is 5.32 Å². The molecule has 0 aliphatic carbocycles. The molecule has 4 nitrogen and oxygen atoms in total. The molecule has 2 saturated heterocycles. The molecule has 0 saturated carbocycles. The SMILES string of the molecule is CC1(C)O[C@H]2[C@@H](CO)NC[C@H]2O1. The summed E-state index contributed by atoms with van der Waals surface area (Å²) in [4.78, 5) is 0. The van der Waals surface area contributed by atoms with Gasteiger partial charge in [-0.3, -0.25) is 0 Å². The molecule has 2 aliphatic rings. The Kier molecular flexibility index (Phi) is 1.88. The Bertz CT molecular complexity index is 183. The predicted molar refractivity (Wildman–Crippen MR) is 42.7 cm³/mol. The van der Waals surface area contributed by atoms with Crippen LogP contribution in [0, 0.1) is 0 Å². The molecule has 0 unspecified atom stereocenters. The molecule has 0 aromatic carbocycles. The van der Waals surface area contributed by atoms with Gasteiger partial charge in [-0.05, 0) is 13.8 Å². The van der Waals surface area contributed by atoms with Crippen LogP contribution in [0.15, 0.2) is 0 Å². The van der Waals surface area contributed by atoms with E-state index < -0.39 is 5.79 Å². The lowest BCUT2D eigenvalue weighted by Gasteiger charge is -2.20. The Balaban J connectivity index is 2.06. The third-order valence-corrected chi connectivity index (χ3v) is 2.40. The van der Waals surface area contributed by atoms with Crippen LogP contribution in [0.1, 0.15) is 13.8 Å². The fourth-order valence-electron chi connectivity index (χ4n) is 1.91. The molecule has 2 heterocycles. The van der Waals surface area contributed by atoms with Crippen molar-refractivity contribution in [3.63, 3.8) is 0 Å². The van der Waals surface area contributed by atoms with Gasteiger partial charge in [-0.25, -0.2) is 0 Å². The number of fused-ring (bicyclic) bond motifs is 1. The third kappa shape index (κ3) is 1.25. The minimum atomic E-state index is -0.481. The van der Waals surface area contributed by atoms with E-state index in [4.69, 9.17) is 14.6 Å². The monoisotopic (exact) mass is 173 g/mol. The van der Waals surface area contributed by atoms with Crippen LogP contribution < -0.4 is 5.32 Å². The van der Waals surface area contributed by atoms with Gasteiger partial charge >= 0.3 is 0 Å². The molecular formula is C8H15NO3. The number of rotatable bonds is 1. The van der Waals surface area contributed by atoms with Crippen molar-refractivity contribution >= 4 is 0 Å². The van der Waals surface area contributed by atoms with Crippen LogP contribution >= 0.6 is 0 Å². The molecule has 0 spiro atoms. The van der Waals surface area contributed by atoms with Gasteiger partial charge in [-0.15, -0.1) is 0 Å². The highest BCUT2D eigenvalue weighted by Crippen LogP contribution is 2.32. The smallest absolute Gasteiger partial charge is 0.163 e. The first kappa shape index (κ1) is 8.44. The number of ether oxygens (including phenoxy) is 2. The predicted octanol–water partition coefficient (Wildman–Crippen LogP) is -0.529. The second-order valence-corrected chi connectivity index (χ2v) is 3.84. The van der Waals surface area contributed by atoms with Gasteiger partial charge in [0.15, 0.2) is 5.79 Å². The minimum absolute atomic E-state index is 0.0185. The highest BCUT2D eigenvalue weighted by atomic mass is 16.8. The molecule has 0 bridgehead atoms. The number of nitrogens with one attached hydrogen (secondary N) is 1. The summed E-state index contributed by atoms with van der Waals surface area (Å²) in [5.74, 6) is -0.481. The van der Waals surface area contributed by atoms with Crippen molar-refractivity contribution in [3.8, 4) is 0 Å². The Morgan fingerprint density at radius 2 is 2.25 bits per heavy atom. The largest absolute Gasteiger partial charge is 0.395 e. The molecule has 2 N–H and O–H groups in total. The lowest BCUT2D eigenvalue weighted by atomic mass is 10.1. The minimum Gasteiger partial charge on any atom is -0.395 e. The molecule has 0 aromatic heterocycles. The topological polar surface area (TPSA) is 50.7 Å². The summed E-state index contributed by atoms with van der Waals surface area (Å²) in [6.45, 7) is 4.69. The third-order valence-electron chi connectivity index (χ3n) is 2.40. The quantitative estimate of drug-likeness (QED) is 0.559. The molecule has 0 amide bonds. The summed E-state index contributed by atoms with van der Waals surface area (Å²) < 4.78 is 11.2. The van der Waals surface area contributed by atoms with Crippen LogP contribution in [0.5, 0.6) is 0 Å². The lowest BCUT2D eigenvalue weighted by molar-refractivity contribution is -0.153. The molecule has 2 aliphatic heterocycles. The fourth-order valence-corrected chi connectivity index (χ4v) is 1.91. The van der Waals surface area contributed by atoms with Crippen molar-refractivity contribution in [1.29, 1.82) is 0 Å². The van der Waals surface area contributed by atoms with Crippen molar-refractivity contribution in [3.05, 3.63) is 0 Å². The van der Waals surface area contributed by atoms with E-state index in [2.05, 4.69) is 5.32 Å². The van der Waals surface area contributed by atoms with Gasteiger partial charge in [0.2, 0.25) is 0 Å². The second-order valence-electron chi connectivity index (χ2n) is 3.84. The number of hydrogen-bond donors (Lipinski definition) is 2. The first-order valence-electron chi connectivity index (χ1n) is 4.32. The standard InChI is InChI=1S/C8H15NO3/c1-8(2)11-6-3-9-5(4-10)7(6)12-8/h5-7,9-10H,3-4H2,1-2H3/t5-,6-,7+/m1/s1. The van der Waals surface area contributed by atoms with Gasteiger partial charge in [0.1, 0.15) is 12.2 Å². The summed E-state index contributed by atoms with van der Waals surface area (Å²) in [6.07, 6.45) is 0.127. The van der Waals surface area contributed by atoms with Crippen LogP contribution in [0.4, 0.5) is 0 Å². The summed E-state index contributed by atoms with van der Waals surface area (Å²) >= 11 is 0. The average molecular weight is 173 g/mol. The number of aliphatic hydroxyl groups is 1. The molecule has 0 aromatic rings. The van der Waals surface area contributed by atoms with E-state index in [0.29, 0.717) is 0 Å². The van der Waals surface area contributed by atoms with Crippen LogP contribution in [0.3, 0.4) is 0 Å². The van der Waals surface area contributed by atoms with E-state index in [1.165, 1.54) is 0 Å². The van der Waals surface area contributed by atoms with Gasteiger partial charge in [0.25, 0.3) is 0 Å². The van der Waals surface area contributed by atoms with Crippen LogP contribution in [-0.2, 0) is 9.47 Å². The molecule has 12 heavy (non-hydrogen) atoms. The lowest BCUT2D eigenvalue weighted by Crippen LogP contribution is -2.37. The molecule has 0 radical (unpaired) electrons. The van der Waals surface area contributed by atoms with E-state index in [-0.39, 0.29) is 24.9 Å². The second kappa shape index (κ2) is 2.67. The molecular weight excluding hydrogens is 158 g/mol. The fraction of sp³-hybridized carbons (Fsp3) is 1.00. The van der Waals surface area contributed by atoms with Gasteiger partial charge in [-0.1, -0.05) is 0 Å². The maximum Gasteiger partial charge on any atom is 0.163 e. The number of hydrogen-bond acceptors (Lipinski definition) is 4. The van der Waals surface area contributed by atoms with E-state index in [9.17, 15) is 0 Å². The maximum atomic E-state index is 8.99. The van der Waals surface area contributed by atoms with E-state index in [0.717, 1.165) is 6.54 Å². The maximum absolute atomic E-state index is 8.99. The Morgan fingerprint density at radius 3 is 2.92 bits per heavy atom. The summed E-state index contributed by atoms with van der Waals surface area (Å²) in [6, 6.07) is 0.0387. The molecule has 2 rings (SSSR count). The zero-order valence-corrected chi connectivity index (χ0v) is 7.41. The van der Waals surface area contributed by atoms with Crippen LogP contribution in [-0.4, -0.2) is 42.3 Å². The Hall–Kier alpha value is -0.160. The zero-order chi connectivity index (χ0) is 8.77.